The van der Waals surface area contributed by atoms with Crippen molar-refractivity contribution in [3.05, 3.63) is 68.7 Å². The van der Waals surface area contributed by atoms with Gasteiger partial charge in [-0.25, -0.2) is 9.78 Å². The second-order valence-corrected chi connectivity index (χ2v) is 9.17. The number of carbonyl (C=O) groups is 1. The van der Waals surface area contributed by atoms with E-state index in [4.69, 9.17) is 14.5 Å². The van der Waals surface area contributed by atoms with Crippen LogP contribution in [0.5, 0.6) is 5.75 Å². The number of aromatic nitrogens is 2. The van der Waals surface area contributed by atoms with Crippen LogP contribution < -0.4 is 10.3 Å². The molecule has 1 heterocycles. The number of rotatable bonds is 6. The van der Waals surface area contributed by atoms with E-state index in [-0.39, 0.29) is 12.2 Å². The first kappa shape index (κ1) is 23.7. The minimum Gasteiger partial charge on any atom is -0.478 e. The molecule has 3 rings (SSSR count). The van der Waals surface area contributed by atoms with Gasteiger partial charge in [-0.05, 0) is 44.2 Å². The molecule has 0 fully saturated rings. The van der Waals surface area contributed by atoms with Crippen LogP contribution in [0.3, 0.4) is 0 Å². The number of hydrogen-bond donors (Lipinski definition) is 0. The van der Waals surface area contributed by atoms with Crippen molar-refractivity contribution in [2.45, 2.75) is 46.1 Å². The Labute approximate surface area is 195 Å². The Hall–Kier alpha value is -3.00. The predicted octanol–water partition coefficient (Wildman–Crippen LogP) is 4.67. The number of halogens is 1. The number of ether oxygens (including phenoxy) is 2. The summed E-state index contributed by atoms with van der Waals surface area (Å²) in [5.74, 6) is 0.542. The lowest BCUT2D eigenvalue weighted by molar-refractivity contribution is -0.150. The van der Waals surface area contributed by atoms with Crippen LogP contribution in [0.2, 0.25) is 0 Å². The number of nitrogens with zero attached hydrogens (tertiary/aromatic N) is 3. The van der Waals surface area contributed by atoms with Gasteiger partial charge in [-0.15, -0.1) is 0 Å². The number of esters is 1. The summed E-state index contributed by atoms with van der Waals surface area (Å²) in [5.41, 5.74) is 0.536. The molecule has 0 unspecified atom stereocenters. The first-order valence-corrected chi connectivity index (χ1v) is 11.1. The Morgan fingerprint density at radius 1 is 1.25 bits per heavy atom. The van der Waals surface area contributed by atoms with Gasteiger partial charge < -0.3 is 9.47 Å². The average molecular weight is 500 g/mol. The van der Waals surface area contributed by atoms with Gasteiger partial charge in [-0.2, -0.15) is 9.78 Å². The number of para-hydroxylation sites is 1. The number of fused-ring (bicyclic) bond motifs is 1. The molecule has 2 aromatic carbocycles. The third kappa shape index (κ3) is 5.24. The van der Waals surface area contributed by atoms with E-state index in [0.29, 0.717) is 28.0 Å². The number of benzene rings is 2. The second kappa shape index (κ2) is 9.65. The van der Waals surface area contributed by atoms with Crippen LogP contribution in [0.4, 0.5) is 0 Å². The summed E-state index contributed by atoms with van der Waals surface area (Å²) in [4.78, 5) is 30.0. The highest BCUT2D eigenvalue weighted by Crippen LogP contribution is 2.23. The van der Waals surface area contributed by atoms with E-state index in [1.54, 1.807) is 38.1 Å². The van der Waals surface area contributed by atoms with Crippen LogP contribution in [0, 0.1) is 0 Å². The minimum atomic E-state index is -0.781. The van der Waals surface area contributed by atoms with E-state index >= 15 is 0 Å². The summed E-state index contributed by atoms with van der Waals surface area (Å²) < 4.78 is 12.9. The minimum absolute atomic E-state index is 0.268. The molecule has 0 amide bonds. The van der Waals surface area contributed by atoms with Crippen LogP contribution >= 0.6 is 15.9 Å². The normalized spacial score (nSPS) is 12.8. The molecule has 0 spiro atoms. The fraction of sp³-hybridized carbons (Fsp3) is 0.333. The summed E-state index contributed by atoms with van der Waals surface area (Å²) >= 11 is 3.41. The Morgan fingerprint density at radius 2 is 1.97 bits per heavy atom. The maximum atomic E-state index is 13.3. The van der Waals surface area contributed by atoms with E-state index in [0.717, 1.165) is 4.47 Å². The Balaban J connectivity index is 2.07. The summed E-state index contributed by atoms with van der Waals surface area (Å²) in [6.45, 7) is 9.57. The zero-order valence-corrected chi connectivity index (χ0v) is 20.3. The van der Waals surface area contributed by atoms with E-state index in [2.05, 4.69) is 21.0 Å². The SMILES string of the molecule is CCOC(=O)[C@H](C)Oc1ccccc1C=Nn1c(C(C)(C)C)nc2ccc(Br)cc2c1=O. The number of hydrogen-bond acceptors (Lipinski definition) is 6. The third-order valence-corrected chi connectivity index (χ3v) is 5.13. The Bertz CT molecular complexity index is 1230. The quantitative estimate of drug-likeness (QED) is 0.363. The summed E-state index contributed by atoms with van der Waals surface area (Å²) in [6, 6.07) is 12.6. The molecule has 0 saturated heterocycles. The molecule has 7 nitrogen and oxygen atoms in total. The largest absolute Gasteiger partial charge is 0.478 e. The fourth-order valence-electron chi connectivity index (χ4n) is 3.05. The Kier molecular flexibility index (Phi) is 7.13. The lowest BCUT2D eigenvalue weighted by Crippen LogP contribution is -2.29. The molecule has 0 aliphatic rings. The Morgan fingerprint density at radius 3 is 2.66 bits per heavy atom. The van der Waals surface area contributed by atoms with Gasteiger partial charge >= 0.3 is 5.97 Å². The highest BCUT2D eigenvalue weighted by atomic mass is 79.9. The monoisotopic (exact) mass is 499 g/mol. The predicted molar refractivity (Wildman–Crippen MR) is 129 cm³/mol. The average Bonchev–Trinajstić information content (AvgIpc) is 2.73. The van der Waals surface area contributed by atoms with Crippen molar-refractivity contribution in [1.29, 1.82) is 0 Å². The first-order chi connectivity index (χ1) is 15.1. The molecule has 0 aliphatic heterocycles. The summed E-state index contributed by atoms with van der Waals surface area (Å²) in [5, 5.41) is 4.94. The van der Waals surface area contributed by atoms with Crippen LogP contribution in [-0.4, -0.2) is 34.6 Å². The van der Waals surface area contributed by atoms with Gasteiger partial charge in [0.1, 0.15) is 11.6 Å². The van der Waals surface area contributed by atoms with Crippen LogP contribution in [-0.2, 0) is 14.9 Å². The van der Waals surface area contributed by atoms with Crippen molar-refractivity contribution >= 4 is 39.0 Å². The molecule has 1 atom stereocenters. The third-order valence-electron chi connectivity index (χ3n) is 4.63. The fourth-order valence-corrected chi connectivity index (χ4v) is 3.42. The molecule has 8 heteroatoms. The first-order valence-electron chi connectivity index (χ1n) is 10.3. The molecule has 32 heavy (non-hydrogen) atoms. The molecule has 168 valence electrons. The van der Waals surface area contributed by atoms with Crippen LogP contribution in [0.1, 0.15) is 46.0 Å². The molecule has 0 radical (unpaired) electrons. The lowest BCUT2D eigenvalue weighted by atomic mass is 9.95. The molecular weight excluding hydrogens is 474 g/mol. The lowest BCUT2D eigenvalue weighted by Gasteiger charge is -2.21. The van der Waals surface area contributed by atoms with Gasteiger partial charge in [0.25, 0.3) is 5.56 Å². The van der Waals surface area contributed by atoms with E-state index in [1.807, 2.05) is 39.0 Å². The van der Waals surface area contributed by atoms with Crippen molar-refractivity contribution in [2.24, 2.45) is 5.10 Å². The summed E-state index contributed by atoms with van der Waals surface area (Å²) in [7, 11) is 0. The van der Waals surface area contributed by atoms with Gasteiger partial charge in [-0.1, -0.05) is 48.8 Å². The van der Waals surface area contributed by atoms with Crippen molar-refractivity contribution in [3.63, 3.8) is 0 Å². The zero-order chi connectivity index (χ0) is 23.5. The van der Waals surface area contributed by atoms with Crippen molar-refractivity contribution in [2.75, 3.05) is 6.61 Å². The van der Waals surface area contributed by atoms with Gasteiger partial charge in [-0.3, -0.25) is 4.79 Å². The van der Waals surface area contributed by atoms with Crippen molar-refractivity contribution < 1.29 is 14.3 Å². The van der Waals surface area contributed by atoms with Crippen LogP contribution in [0.25, 0.3) is 10.9 Å². The molecule has 0 saturated carbocycles. The van der Waals surface area contributed by atoms with Gasteiger partial charge in [0.05, 0.1) is 23.7 Å². The molecule has 3 aromatic rings. The zero-order valence-electron chi connectivity index (χ0n) is 18.8. The maximum absolute atomic E-state index is 13.3. The van der Waals surface area contributed by atoms with Gasteiger partial charge in [0.2, 0.25) is 0 Å². The van der Waals surface area contributed by atoms with Crippen LogP contribution in [0.15, 0.2) is 56.8 Å². The number of carbonyl (C=O) groups excluding carboxylic acids is 1. The van der Waals surface area contributed by atoms with Gasteiger partial charge in [0, 0.05) is 15.5 Å². The van der Waals surface area contributed by atoms with Crippen molar-refractivity contribution in [3.8, 4) is 5.75 Å². The molecule has 0 N–H and O–H groups in total. The molecule has 0 bridgehead atoms. The van der Waals surface area contributed by atoms with E-state index < -0.39 is 17.5 Å². The second-order valence-electron chi connectivity index (χ2n) is 8.26. The maximum Gasteiger partial charge on any atom is 0.347 e. The standard InChI is InChI=1S/C24H26BrN3O4/c1-6-31-22(30)15(2)32-20-10-8-7-9-16(20)14-26-28-21(29)18-13-17(25)11-12-19(18)27-23(28)24(3,4)5/h7-15H,6H2,1-5H3/t15-/m0/s1. The molecule has 0 aliphatic carbocycles. The highest BCUT2D eigenvalue weighted by molar-refractivity contribution is 9.10. The van der Waals surface area contributed by atoms with Crippen molar-refractivity contribution in [1.82, 2.24) is 9.66 Å². The van der Waals surface area contributed by atoms with E-state index in [1.165, 1.54) is 10.9 Å². The van der Waals surface area contributed by atoms with Gasteiger partial charge in [0.15, 0.2) is 6.10 Å². The van der Waals surface area contributed by atoms with E-state index in [9.17, 15) is 9.59 Å². The summed E-state index contributed by atoms with van der Waals surface area (Å²) in [6.07, 6.45) is 0.757. The topological polar surface area (TPSA) is 82.8 Å². The smallest absolute Gasteiger partial charge is 0.347 e. The molecule has 1 aromatic heterocycles. The highest BCUT2D eigenvalue weighted by Gasteiger charge is 2.23. The molecular formula is C24H26BrN3O4.